The number of carbonyl (C=O) groups excluding carboxylic acids is 1. The van der Waals surface area contributed by atoms with E-state index in [1.54, 1.807) is 13.8 Å². The highest BCUT2D eigenvalue weighted by atomic mass is 19.4. The molecule has 1 aromatic rings. The van der Waals surface area contributed by atoms with E-state index >= 15 is 0 Å². The number of halogens is 3. The summed E-state index contributed by atoms with van der Waals surface area (Å²) < 4.78 is 38.2. The smallest absolute Gasteiger partial charge is 0.406 e. The Morgan fingerprint density at radius 2 is 2.05 bits per heavy atom. The number of carboxylic acid groups (broad SMARTS) is 1. The number of aliphatic carboxylic acids is 1. The van der Waals surface area contributed by atoms with E-state index in [9.17, 15) is 22.8 Å². The van der Waals surface area contributed by atoms with E-state index in [1.165, 1.54) is 12.1 Å². The Morgan fingerprint density at radius 1 is 1.43 bits per heavy atom. The molecule has 0 aromatic carbocycles. The molecule has 0 aliphatic heterocycles. The number of hydrogen-bond acceptors (Lipinski definition) is 2. The first-order chi connectivity index (χ1) is 9.65. The summed E-state index contributed by atoms with van der Waals surface area (Å²) in [5.41, 5.74) is -0.172. The van der Waals surface area contributed by atoms with Gasteiger partial charge in [0.15, 0.2) is 0 Å². The van der Waals surface area contributed by atoms with Gasteiger partial charge >= 0.3 is 12.1 Å². The van der Waals surface area contributed by atoms with E-state index < -0.39 is 31.1 Å². The van der Waals surface area contributed by atoms with Gasteiger partial charge in [-0.2, -0.15) is 13.2 Å². The molecule has 1 atom stereocenters. The summed E-state index contributed by atoms with van der Waals surface area (Å²) in [6.45, 7) is 1.58. The summed E-state index contributed by atoms with van der Waals surface area (Å²) in [6, 6.07) is 2.20. The number of aromatic nitrogens is 1. The van der Waals surface area contributed by atoms with Crippen LogP contribution in [0.15, 0.2) is 18.3 Å². The number of alkyl halides is 3. The highest BCUT2D eigenvalue weighted by Crippen LogP contribution is 2.20. The van der Waals surface area contributed by atoms with E-state index in [1.807, 2.05) is 0 Å². The zero-order valence-electron chi connectivity index (χ0n) is 11.7. The summed E-state index contributed by atoms with van der Waals surface area (Å²) in [7, 11) is 0. The Labute approximate surface area is 120 Å². The van der Waals surface area contributed by atoms with Gasteiger partial charge < -0.3 is 14.6 Å². The van der Waals surface area contributed by atoms with Gasteiger partial charge in [0.25, 0.3) is 5.91 Å². The Morgan fingerprint density at radius 3 is 2.52 bits per heavy atom. The van der Waals surface area contributed by atoms with Crippen LogP contribution in [0.2, 0.25) is 0 Å². The van der Waals surface area contributed by atoms with Crippen molar-refractivity contribution in [3.05, 3.63) is 24.0 Å². The molecule has 21 heavy (non-hydrogen) atoms. The maximum absolute atomic E-state index is 12.5. The lowest BCUT2D eigenvalue weighted by atomic mass is 10.2. The molecule has 118 valence electrons. The maximum atomic E-state index is 12.5. The van der Waals surface area contributed by atoms with E-state index in [4.69, 9.17) is 5.11 Å². The molecule has 5 nitrogen and oxygen atoms in total. The molecule has 1 amide bonds. The monoisotopic (exact) mass is 306 g/mol. The largest absolute Gasteiger partial charge is 0.480 e. The van der Waals surface area contributed by atoms with Crippen molar-refractivity contribution in [1.29, 1.82) is 0 Å². The van der Waals surface area contributed by atoms with E-state index in [-0.39, 0.29) is 11.7 Å². The second kappa shape index (κ2) is 6.64. The molecule has 0 spiro atoms. The van der Waals surface area contributed by atoms with Crippen molar-refractivity contribution >= 4 is 11.9 Å². The summed E-state index contributed by atoms with van der Waals surface area (Å²) >= 11 is 0. The Bertz CT molecular complexity index is 511. The number of carboxylic acids is 1. The van der Waals surface area contributed by atoms with Crippen molar-refractivity contribution in [1.82, 2.24) is 9.47 Å². The summed E-state index contributed by atoms with van der Waals surface area (Å²) in [5, 5.41) is 8.85. The molecule has 0 fully saturated rings. The highest BCUT2D eigenvalue weighted by molar-refractivity contribution is 5.94. The summed E-state index contributed by atoms with van der Waals surface area (Å²) in [5.74, 6) is -1.93. The number of rotatable bonds is 6. The minimum Gasteiger partial charge on any atom is -0.480 e. The fourth-order valence-electron chi connectivity index (χ4n) is 1.88. The fraction of sp³-hybridized carbons (Fsp3) is 0.538. The minimum atomic E-state index is -4.46. The van der Waals surface area contributed by atoms with Gasteiger partial charge in [-0.25, -0.2) is 0 Å². The van der Waals surface area contributed by atoms with Crippen LogP contribution in [-0.2, 0) is 11.3 Å². The SMILES string of the molecule is CCC(C)N(CC(=O)O)C(=O)c1cccn1CC(F)(F)F. The van der Waals surface area contributed by atoms with Gasteiger partial charge in [0.05, 0.1) is 0 Å². The first-order valence-corrected chi connectivity index (χ1v) is 6.40. The molecule has 1 N–H and O–H groups in total. The van der Waals surface area contributed by atoms with Crippen LogP contribution in [0.3, 0.4) is 0 Å². The maximum Gasteiger partial charge on any atom is 0.406 e. The zero-order chi connectivity index (χ0) is 16.2. The third-order valence-corrected chi connectivity index (χ3v) is 3.09. The van der Waals surface area contributed by atoms with Crippen LogP contribution in [0.1, 0.15) is 30.8 Å². The zero-order valence-corrected chi connectivity index (χ0v) is 11.7. The molecule has 0 saturated heterocycles. The average Bonchev–Trinajstić information content (AvgIpc) is 2.79. The third-order valence-electron chi connectivity index (χ3n) is 3.09. The Kier molecular flexibility index (Phi) is 5.40. The third kappa shape index (κ3) is 4.80. The van der Waals surface area contributed by atoms with Gasteiger partial charge in [-0.05, 0) is 25.5 Å². The Hall–Kier alpha value is -1.99. The number of hydrogen-bond donors (Lipinski definition) is 1. The predicted molar refractivity (Wildman–Crippen MR) is 68.9 cm³/mol. The standard InChI is InChI=1S/C13H17F3N2O3/c1-3-9(2)18(7-11(19)20)12(21)10-5-4-6-17(10)8-13(14,15)16/h4-6,9H,3,7-8H2,1-2H3,(H,19,20). The number of carbonyl (C=O) groups is 2. The minimum absolute atomic E-state index is 0.172. The van der Waals surface area contributed by atoms with Gasteiger partial charge in [0, 0.05) is 12.2 Å². The molecule has 0 aliphatic rings. The molecule has 0 radical (unpaired) electrons. The van der Waals surface area contributed by atoms with Crippen LogP contribution in [0.4, 0.5) is 13.2 Å². The normalized spacial score (nSPS) is 13.0. The average molecular weight is 306 g/mol. The van der Waals surface area contributed by atoms with Gasteiger partial charge in [-0.15, -0.1) is 0 Å². The van der Waals surface area contributed by atoms with Crippen LogP contribution in [0.5, 0.6) is 0 Å². The van der Waals surface area contributed by atoms with Crippen molar-refractivity contribution in [3.8, 4) is 0 Å². The van der Waals surface area contributed by atoms with Crippen molar-refractivity contribution in [2.45, 2.75) is 39.0 Å². The second-order valence-corrected chi connectivity index (χ2v) is 4.72. The lowest BCUT2D eigenvalue weighted by molar-refractivity contribution is -0.141. The topological polar surface area (TPSA) is 62.5 Å². The van der Waals surface area contributed by atoms with Gasteiger partial charge in [0.2, 0.25) is 0 Å². The number of amides is 1. The van der Waals surface area contributed by atoms with Crippen LogP contribution < -0.4 is 0 Å². The highest BCUT2D eigenvalue weighted by Gasteiger charge is 2.31. The molecule has 8 heteroatoms. The molecule has 1 rings (SSSR count). The number of nitrogens with zero attached hydrogens (tertiary/aromatic N) is 2. The quantitative estimate of drug-likeness (QED) is 0.877. The second-order valence-electron chi connectivity index (χ2n) is 4.72. The van der Waals surface area contributed by atoms with Crippen molar-refractivity contribution < 1.29 is 27.9 Å². The molecule has 0 bridgehead atoms. The lowest BCUT2D eigenvalue weighted by Gasteiger charge is -2.27. The van der Waals surface area contributed by atoms with Crippen molar-refractivity contribution in [2.24, 2.45) is 0 Å². The fourth-order valence-corrected chi connectivity index (χ4v) is 1.88. The van der Waals surface area contributed by atoms with Crippen molar-refractivity contribution in [2.75, 3.05) is 6.54 Å². The Balaban J connectivity index is 3.04. The molecule has 1 unspecified atom stereocenters. The molecule has 0 aliphatic carbocycles. The first-order valence-electron chi connectivity index (χ1n) is 6.40. The lowest BCUT2D eigenvalue weighted by Crippen LogP contribution is -2.42. The van der Waals surface area contributed by atoms with Crippen LogP contribution in [-0.4, -0.2) is 45.2 Å². The van der Waals surface area contributed by atoms with Crippen LogP contribution in [0.25, 0.3) is 0 Å². The summed E-state index contributed by atoms with van der Waals surface area (Å²) in [4.78, 5) is 24.2. The molecular formula is C13H17F3N2O3. The predicted octanol–water partition coefficient (Wildman–Crippen LogP) is 2.38. The molecule has 1 aromatic heterocycles. The van der Waals surface area contributed by atoms with Gasteiger partial charge in [-0.1, -0.05) is 6.92 Å². The van der Waals surface area contributed by atoms with Crippen LogP contribution in [0, 0.1) is 0 Å². The van der Waals surface area contributed by atoms with Crippen molar-refractivity contribution in [3.63, 3.8) is 0 Å². The van der Waals surface area contributed by atoms with E-state index in [0.29, 0.717) is 6.42 Å². The van der Waals surface area contributed by atoms with Gasteiger partial charge in [-0.3, -0.25) is 9.59 Å². The molecule has 0 saturated carbocycles. The van der Waals surface area contributed by atoms with Gasteiger partial charge in [0.1, 0.15) is 18.8 Å². The van der Waals surface area contributed by atoms with E-state index in [0.717, 1.165) is 15.7 Å². The van der Waals surface area contributed by atoms with Crippen LogP contribution >= 0.6 is 0 Å². The first kappa shape index (κ1) is 17.1. The van der Waals surface area contributed by atoms with E-state index in [2.05, 4.69) is 0 Å². The summed E-state index contributed by atoms with van der Waals surface area (Å²) in [6.07, 6.45) is -2.81. The molecular weight excluding hydrogens is 289 g/mol. The molecule has 1 heterocycles.